The van der Waals surface area contributed by atoms with Crippen molar-refractivity contribution in [1.29, 1.82) is 0 Å². The maximum Gasteiger partial charge on any atom is 0.282 e. The molecule has 3 heterocycles. The van der Waals surface area contributed by atoms with Gasteiger partial charge in [-0.3, -0.25) is 9.36 Å². The summed E-state index contributed by atoms with van der Waals surface area (Å²) in [6.45, 7) is 0.519. The van der Waals surface area contributed by atoms with E-state index in [1.54, 1.807) is 10.8 Å². The quantitative estimate of drug-likeness (QED) is 0.337. The lowest BCUT2D eigenvalue weighted by atomic mass is 10.1. The molecule has 0 amide bonds. The normalized spacial score (nSPS) is 11.3. The standard InChI is InChI=1S/C22H18N6OS/c29-21-19-20(24-12-11-23-19)27-22(28(21)13-10-15-6-2-1-3-7-15)30-14-18-25-16-8-4-5-9-17(16)26-18/h1-9,11-12H,10,13-14H2,(H,25,26). The first-order valence-corrected chi connectivity index (χ1v) is 10.6. The second-order valence-electron chi connectivity index (χ2n) is 6.80. The molecule has 0 unspecified atom stereocenters. The van der Waals surface area contributed by atoms with Gasteiger partial charge in [0.05, 0.1) is 16.8 Å². The van der Waals surface area contributed by atoms with Gasteiger partial charge in [0.15, 0.2) is 16.3 Å². The number of H-pyrrole nitrogens is 1. The van der Waals surface area contributed by atoms with Gasteiger partial charge in [0.25, 0.3) is 5.56 Å². The van der Waals surface area contributed by atoms with Crippen molar-refractivity contribution in [1.82, 2.24) is 29.5 Å². The van der Waals surface area contributed by atoms with Crippen molar-refractivity contribution < 1.29 is 0 Å². The third kappa shape index (κ3) is 3.69. The Kier molecular flexibility index (Phi) is 4.98. The predicted octanol–water partition coefficient (Wildman–Crippen LogP) is 3.60. The summed E-state index contributed by atoms with van der Waals surface area (Å²) >= 11 is 1.47. The Morgan fingerprint density at radius 3 is 2.60 bits per heavy atom. The van der Waals surface area contributed by atoms with E-state index in [0.717, 1.165) is 28.8 Å². The molecule has 5 aromatic rings. The van der Waals surface area contributed by atoms with Gasteiger partial charge in [0, 0.05) is 18.9 Å². The maximum atomic E-state index is 13.1. The van der Waals surface area contributed by atoms with Gasteiger partial charge >= 0.3 is 0 Å². The van der Waals surface area contributed by atoms with Crippen molar-refractivity contribution in [2.75, 3.05) is 0 Å². The lowest BCUT2D eigenvalue weighted by molar-refractivity contribution is 0.592. The monoisotopic (exact) mass is 414 g/mol. The summed E-state index contributed by atoms with van der Waals surface area (Å²) in [5.74, 6) is 1.41. The smallest absolute Gasteiger partial charge is 0.282 e. The molecule has 8 heteroatoms. The van der Waals surface area contributed by atoms with Gasteiger partial charge in [-0.2, -0.15) is 0 Å². The van der Waals surface area contributed by atoms with Crippen LogP contribution in [0.3, 0.4) is 0 Å². The van der Waals surface area contributed by atoms with Crippen LogP contribution in [0, 0.1) is 0 Å². The highest BCUT2D eigenvalue weighted by Gasteiger charge is 2.14. The van der Waals surface area contributed by atoms with E-state index < -0.39 is 0 Å². The number of nitrogens with one attached hydrogen (secondary N) is 1. The zero-order chi connectivity index (χ0) is 20.3. The number of aromatic nitrogens is 6. The summed E-state index contributed by atoms with van der Waals surface area (Å²) in [5, 5.41) is 0.615. The first-order chi connectivity index (χ1) is 14.8. The van der Waals surface area contributed by atoms with Gasteiger partial charge in [-0.1, -0.05) is 54.2 Å². The minimum atomic E-state index is -0.170. The third-order valence-corrected chi connectivity index (χ3v) is 5.79. The molecule has 0 aliphatic rings. The molecule has 148 valence electrons. The molecule has 2 aromatic carbocycles. The Hall–Kier alpha value is -3.52. The number of imidazole rings is 1. The number of hydrogen-bond acceptors (Lipinski definition) is 6. The molecule has 0 fully saturated rings. The van der Waals surface area contributed by atoms with Gasteiger partial charge in [-0.15, -0.1) is 0 Å². The highest BCUT2D eigenvalue weighted by atomic mass is 32.2. The molecule has 0 bridgehead atoms. The number of benzene rings is 2. The number of fused-ring (bicyclic) bond motifs is 2. The van der Waals surface area contributed by atoms with Crippen LogP contribution in [0.2, 0.25) is 0 Å². The highest BCUT2D eigenvalue weighted by molar-refractivity contribution is 7.98. The number of hydrogen-bond donors (Lipinski definition) is 1. The number of nitrogens with zero attached hydrogens (tertiary/aromatic N) is 5. The van der Waals surface area contributed by atoms with Crippen LogP contribution < -0.4 is 5.56 Å². The summed E-state index contributed by atoms with van der Waals surface area (Å²) in [5.41, 5.74) is 3.57. The molecule has 3 aromatic heterocycles. The van der Waals surface area contributed by atoms with Gasteiger partial charge < -0.3 is 4.98 Å². The molecule has 30 heavy (non-hydrogen) atoms. The van der Waals surface area contributed by atoms with Crippen molar-refractivity contribution in [3.8, 4) is 0 Å². The second kappa shape index (κ2) is 8.08. The van der Waals surface area contributed by atoms with Gasteiger partial charge in [0.1, 0.15) is 5.82 Å². The van der Waals surface area contributed by atoms with Gasteiger partial charge in [-0.25, -0.2) is 19.9 Å². The van der Waals surface area contributed by atoms with Crippen LogP contribution in [0.25, 0.3) is 22.2 Å². The summed E-state index contributed by atoms with van der Waals surface area (Å²) in [6, 6.07) is 18.0. The average molecular weight is 414 g/mol. The Balaban J connectivity index is 1.47. The van der Waals surface area contributed by atoms with Gasteiger partial charge in [0.2, 0.25) is 0 Å². The Morgan fingerprint density at radius 1 is 0.933 bits per heavy atom. The number of para-hydroxylation sites is 2. The Labute approximate surface area is 176 Å². The Morgan fingerprint density at radius 2 is 1.73 bits per heavy atom. The lowest BCUT2D eigenvalue weighted by Crippen LogP contribution is -2.25. The Bertz CT molecular complexity index is 1350. The first-order valence-electron chi connectivity index (χ1n) is 9.60. The van der Waals surface area contributed by atoms with Crippen LogP contribution in [0.15, 0.2) is 76.9 Å². The van der Waals surface area contributed by atoms with E-state index in [4.69, 9.17) is 0 Å². The fourth-order valence-corrected chi connectivity index (χ4v) is 4.21. The minimum Gasteiger partial charge on any atom is -0.341 e. The van der Waals surface area contributed by atoms with Crippen molar-refractivity contribution >= 4 is 34.0 Å². The van der Waals surface area contributed by atoms with E-state index in [2.05, 4.69) is 37.1 Å². The second-order valence-corrected chi connectivity index (χ2v) is 7.75. The predicted molar refractivity (Wildman–Crippen MR) is 117 cm³/mol. The zero-order valence-corrected chi connectivity index (χ0v) is 16.8. The first kappa shape index (κ1) is 18.5. The molecule has 1 N–H and O–H groups in total. The fourth-order valence-electron chi connectivity index (χ4n) is 3.33. The topological polar surface area (TPSA) is 89.3 Å². The van der Waals surface area contributed by atoms with E-state index in [-0.39, 0.29) is 5.56 Å². The summed E-state index contributed by atoms with van der Waals surface area (Å²) < 4.78 is 1.69. The number of thioether (sulfide) groups is 1. The van der Waals surface area contributed by atoms with Crippen LogP contribution in [0.5, 0.6) is 0 Å². The number of aryl methyl sites for hydroxylation is 1. The molecule has 0 saturated carbocycles. The molecular formula is C22H18N6OS. The minimum absolute atomic E-state index is 0.170. The van der Waals surface area contributed by atoms with E-state index >= 15 is 0 Å². The van der Waals surface area contributed by atoms with Crippen molar-refractivity contribution in [2.45, 2.75) is 23.9 Å². The van der Waals surface area contributed by atoms with Crippen molar-refractivity contribution in [3.05, 3.63) is 88.7 Å². The van der Waals surface area contributed by atoms with Crippen molar-refractivity contribution in [2.24, 2.45) is 0 Å². The molecule has 0 atom stereocenters. The lowest BCUT2D eigenvalue weighted by Gasteiger charge is -2.12. The van der Waals surface area contributed by atoms with Crippen LogP contribution in [-0.4, -0.2) is 29.5 Å². The highest BCUT2D eigenvalue weighted by Crippen LogP contribution is 2.22. The molecular weight excluding hydrogens is 396 g/mol. The molecule has 5 rings (SSSR count). The van der Waals surface area contributed by atoms with E-state index in [1.807, 2.05) is 42.5 Å². The zero-order valence-electron chi connectivity index (χ0n) is 16.0. The number of rotatable bonds is 6. The maximum absolute atomic E-state index is 13.1. The van der Waals surface area contributed by atoms with Gasteiger partial charge in [-0.05, 0) is 24.1 Å². The summed E-state index contributed by atoms with van der Waals surface area (Å²) in [6.07, 6.45) is 3.80. The summed E-state index contributed by atoms with van der Waals surface area (Å²) in [7, 11) is 0. The third-order valence-electron chi connectivity index (χ3n) is 4.80. The van der Waals surface area contributed by atoms with Crippen LogP contribution >= 0.6 is 11.8 Å². The van der Waals surface area contributed by atoms with E-state index in [1.165, 1.54) is 18.0 Å². The molecule has 0 aliphatic carbocycles. The average Bonchev–Trinajstić information content (AvgIpc) is 3.21. The van der Waals surface area contributed by atoms with Crippen molar-refractivity contribution in [3.63, 3.8) is 0 Å². The largest absolute Gasteiger partial charge is 0.341 e. The molecule has 0 spiro atoms. The molecule has 0 saturated heterocycles. The van der Waals surface area contributed by atoms with Crippen LogP contribution in [0.4, 0.5) is 0 Å². The number of aromatic amines is 1. The summed E-state index contributed by atoms with van der Waals surface area (Å²) in [4.78, 5) is 34.1. The SMILES string of the molecule is O=c1c2nccnc2nc(SCc2nc3ccccc3[nH]2)n1CCc1ccccc1. The van der Waals surface area contributed by atoms with E-state index in [0.29, 0.717) is 28.6 Å². The molecule has 7 nitrogen and oxygen atoms in total. The molecule has 0 radical (unpaired) electrons. The molecule has 0 aliphatic heterocycles. The van der Waals surface area contributed by atoms with Crippen LogP contribution in [-0.2, 0) is 18.7 Å². The van der Waals surface area contributed by atoms with Crippen LogP contribution in [0.1, 0.15) is 11.4 Å². The fraction of sp³-hybridized carbons (Fsp3) is 0.136. The van der Waals surface area contributed by atoms with E-state index in [9.17, 15) is 4.79 Å².